The van der Waals surface area contributed by atoms with Crippen LogP contribution in [0.3, 0.4) is 0 Å². The van der Waals surface area contributed by atoms with Crippen molar-refractivity contribution in [1.29, 1.82) is 0 Å². The molecule has 0 aromatic heterocycles. The minimum atomic E-state index is -2.93. The lowest BCUT2D eigenvalue weighted by Gasteiger charge is -2.15. The summed E-state index contributed by atoms with van der Waals surface area (Å²) in [5.41, 5.74) is 1.39. The Labute approximate surface area is 179 Å². The lowest BCUT2D eigenvalue weighted by molar-refractivity contribution is -0.0505. The van der Waals surface area contributed by atoms with E-state index in [1.807, 2.05) is 6.07 Å². The standard InChI is InChI=1S/C19H22F3N3O2.HI/c1-23-19(24-9-8-13-4-3-5-15(20)10-13)25-12-14-6-7-16(26-2)11-17(14)27-18(21)22;/h3-7,10-11,18H,8-9,12H2,1-2H3,(H2,23,24,25);1H. The molecular weight excluding hydrogens is 486 g/mol. The van der Waals surface area contributed by atoms with Gasteiger partial charge in [-0.2, -0.15) is 8.78 Å². The van der Waals surface area contributed by atoms with Gasteiger partial charge >= 0.3 is 6.61 Å². The van der Waals surface area contributed by atoms with E-state index in [2.05, 4.69) is 20.4 Å². The lowest BCUT2D eigenvalue weighted by Crippen LogP contribution is -2.38. The molecular formula is C19H23F3IN3O2. The van der Waals surface area contributed by atoms with Crippen LogP contribution in [0, 0.1) is 5.82 Å². The average Bonchev–Trinajstić information content (AvgIpc) is 2.64. The third-order valence-electron chi connectivity index (χ3n) is 3.76. The topological polar surface area (TPSA) is 54.9 Å². The van der Waals surface area contributed by atoms with Crippen molar-refractivity contribution in [3.63, 3.8) is 0 Å². The molecule has 9 heteroatoms. The number of halogens is 4. The number of ether oxygens (including phenoxy) is 2. The molecule has 0 fully saturated rings. The van der Waals surface area contributed by atoms with Crippen LogP contribution in [0.25, 0.3) is 0 Å². The zero-order chi connectivity index (χ0) is 19.6. The van der Waals surface area contributed by atoms with E-state index in [4.69, 9.17) is 4.74 Å². The Morgan fingerprint density at radius 2 is 1.93 bits per heavy atom. The summed E-state index contributed by atoms with van der Waals surface area (Å²) in [5, 5.41) is 6.13. The van der Waals surface area contributed by atoms with Crippen molar-refractivity contribution in [2.24, 2.45) is 4.99 Å². The van der Waals surface area contributed by atoms with Crippen LogP contribution in [0.4, 0.5) is 13.2 Å². The lowest BCUT2D eigenvalue weighted by atomic mass is 10.1. The summed E-state index contributed by atoms with van der Waals surface area (Å²) in [6.07, 6.45) is 0.612. The summed E-state index contributed by atoms with van der Waals surface area (Å²) in [6.45, 7) is -2.17. The van der Waals surface area contributed by atoms with Crippen LogP contribution >= 0.6 is 24.0 Å². The minimum absolute atomic E-state index is 0. The number of rotatable bonds is 8. The van der Waals surface area contributed by atoms with E-state index in [9.17, 15) is 13.2 Å². The van der Waals surface area contributed by atoms with Crippen molar-refractivity contribution >= 4 is 29.9 Å². The Balaban J connectivity index is 0.00000392. The number of guanidine groups is 1. The van der Waals surface area contributed by atoms with Gasteiger partial charge in [0.1, 0.15) is 17.3 Å². The molecule has 0 saturated carbocycles. The molecule has 154 valence electrons. The molecule has 0 aliphatic carbocycles. The molecule has 28 heavy (non-hydrogen) atoms. The molecule has 2 N–H and O–H groups in total. The maximum Gasteiger partial charge on any atom is 0.387 e. The van der Waals surface area contributed by atoms with Gasteiger partial charge in [0.05, 0.1) is 7.11 Å². The Morgan fingerprint density at radius 1 is 1.14 bits per heavy atom. The number of hydrogen-bond donors (Lipinski definition) is 2. The highest BCUT2D eigenvalue weighted by molar-refractivity contribution is 14.0. The number of alkyl halides is 2. The van der Waals surface area contributed by atoms with Gasteiger partial charge in [0, 0.05) is 31.8 Å². The smallest absolute Gasteiger partial charge is 0.387 e. The Morgan fingerprint density at radius 3 is 2.57 bits per heavy atom. The fourth-order valence-electron chi connectivity index (χ4n) is 2.43. The summed E-state index contributed by atoms with van der Waals surface area (Å²) >= 11 is 0. The van der Waals surface area contributed by atoms with Gasteiger partial charge in [-0.3, -0.25) is 4.99 Å². The van der Waals surface area contributed by atoms with Crippen molar-refractivity contribution in [2.45, 2.75) is 19.6 Å². The van der Waals surface area contributed by atoms with E-state index in [1.165, 1.54) is 25.3 Å². The fraction of sp³-hybridized carbons (Fsp3) is 0.316. The Kier molecular flexibility index (Phi) is 10.5. The van der Waals surface area contributed by atoms with Crippen LogP contribution in [0.15, 0.2) is 47.5 Å². The number of methoxy groups -OCH3 is 1. The van der Waals surface area contributed by atoms with Crippen molar-refractivity contribution in [3.8, 4) is 11.5 Å². The van der Waals surface area contributed by atoms with Gasteiger partial charge in [0.15, 0.2) is 5.96 Å². The first kappa shape index (κ1) is 23.9. The third-order valence-corrected chi connectivity index (χ3v) is 3.76. The summed E-state index contributed by atoms with van der Waals surface area (Å²) in [4.78, 5) is 4.08. The second-order valence-corrected chi connectivity index (χ2v) is 5.58. The molecule has 2 rings (SSSR count). The van der Waals surface area contributed by atoms with E-state index in [-0.39, 0.29) is 42.1 Å². The van der Waals surface area contributed by atoms with Gasteiger partial charge < -0.3 is 20.1 Å². The van der Waals surface area contributed by atoms with E-state index in [0.29, 0.717) is 30.2 Å². The normalized spacial score (nSPS) is 11.0. The SMILES string of the molecule is CN=C(NCCc1cccc(F)c1)NCc1ccc(OC)cc1OC(F)F.I. The molecule has 0 atom stereocenters. The Hall–Kier alpha value is -2.17. The van der Waals surface area contributed by atoms with Gasteiger partial charge in [-0.15, -0.1) is 24.0 Å². The molecule has 0 amide bonds. The first-order valence-corrected chi connectivity index (χ1v) is 8.32. The highest BCUT2D eigenvalue weighted by Crippen LogP contribution is 2.26. The molecule has 0 spiro atoms. The van der Waals surface area contributed by atoms with Crippen molar-refractivity contribution in [1.82, 2.24) is 10.6 Å². The molecule has 0 aliphatic heterocycles. The van der Waals surface area contributed by atoms with E-state index in [0.717, 1.165) is 5.56 Å². The fourth-order valence-corrected chi connectivity index (χ4v) is 2.43. The summed E-state index contributed by atoms with van der Waals surface area (Å²) < 4.78 is 48.0. The number of nitrogens with one attached hydrogen (secondary N) is 2. The summed E-state index contributed by atoms with van der Waals surface area (Å²) in [5.74, 6) is 0.672. The predicted molar refractivity (Wildman–Crippen MR) is 113 cm³/mol. The number of nitrogens with zero attached hydrogens (tertiary/aromatic N) is 1. The summed E-state index contributed by atoms with van der Waals surface area (Å²) in [7, 11) is 3.05. The largest absolute Gasteiger partial charge is 0.497 e. The molecule has 2 aromatic rings. The molecule has 0 heterocycles. The molecule has 0 bridgehead atoms. The van der Waals surface area contributed by atoms with Crippen LogP contribution in [-0.2, 0) is 13.0 Å². The highest BCUT2D eigenvalue weighted by Gasteiger charge is 2.11. The molecule has 0 radical (unpaired) electrons. The third kappa shape index (κ3) is 7.83. The van der Waals surface area contributed by atoms with E-state index < -0.39 is 6.61 Å². The number of aliphatic imine (C=N–C) groups is 1. The highest BCUT2D eigenvalue weighted by atomic mass is 127. The first-order valence-electron chi connectivity index (χ1n) is 8.32. The molecule has 5 nitrogen and oxygen atoms in total. The van der Waals surface area contributed by atoms with Crippen LogP contribution in [0.5, 0.6) is 11.5 Å². The van der Waals surface area contributed by atoms with E-state index >= 15 is 0 Å². The van der Waals surface area contributed by atoms with Crippen LogP contribution in [-0.4, -0.2) is 33.3 Å². The maximum atomic E-state index is 13.2. The quantitative estimate of drug-likeness (QED) is 0.322. The van der Waals surface area contributed by atoms with Crippen LogP contribution < -0.4 is 20.1 Å². The minimum Gasteiger partial charge on any atom is -0.497 e. The zero-order valence-electron chi connectivity index (χ0n) is 15.5. The van der Waals surface area contributed by atoms with Crippen LogP contribution in [0.2, 0.25) is 0 Å². The predicted octanol–water partition coefficient (Wildman–Crippen LogP) is 3.96. The molecule has 2 aromatic carbocycles. The molecule has 0 unspecified atom stereocenters. The second-order valence-electron chi connectivity index (χ2n) is 5.58. The van der Waals surface area contributed by atoms with Crippen molar-refractivity contribution < 1.29 is 22.6 Å². The zero-order valence-corrected chi connectivity index (χ0v) is 17.9. The number of hydrogen-bond acceptors (Lipinski definition) is 3. The molecule has 0 aliphatic rings. The number of benzene rings is 2. The second kappa shape index (κ2) is 12.3. The van der Waals surface area contributed by atoms with Gasteiger partial charge in [0.2, 0.25) is 0 Å². The van der Waals surface area contributed by atoms with Gasteiger partial charge in [-0.1, -0.05) is 12.1 Å². The first-order chi connectivity index (χ1) is 13.0. The van der Waals surface area contributed by atoms with Crippen LogP contribution in [0.1, 0.15) is 11.1 Å². The molecule has 0 saturated heterocycles. The average molecular weight is 509 g/mol. The van der Waals surface area contributed by atoms with Crippen molar-refractivity contribution in [3.05, 3.63) is 59.4 Å². The van der Waals surface area contributed by atoms with Gasteiger partial charge in [-0.05, 0) is 36.2 Å². The summed E-state index contributed by atoms with van der Waals surface area (Å²) in [6, 6.07) is 11.1. The van der Waals surface area contributed by atoms with Gasteiger partial charge in [0.25, 0.3) is 0 Å². The Bertz CT molecular complexity index is 776. The van der Waals surface area contributed by atoms with Crippen molar-refractivity contribution in [2.75, 3.05) is 20.7 Å². The van der Waals surface area contributed by atoms with E-state index in [1.54, 1.807) is 25.2 Å². The monoisotopic (exact) mass is 509 g/mol. The van der Waals surface area contributed by atoms with Gasteiger partial charge in [-0.25, -0.2) is 4.39 Å². The maximum absolute atomic E-state index is 13.2.